The van der Waals surface area contributed by atoms with Gasteiger partial charge in [-0.15, -0.1) is 0 Å². The Balaban J connectivity index is 1.58. The Labute approximate surface area is 245 Å². The maximum atomic E-state index is 13.3. The van der Waals surface area contributed by atoms with E-state index in [2.05, 4.69) is 33.2 Å². The summed E-state index contributed by atoms with van der Waals surface area (Å²) >= 11 is 7.32. The van der Waals surface area contributed by atoms with Crippen molar-refractivity contribution >= 4 is 75.1 Å². The highest BCUT2D eigenvalue weighted by Gasteiger charge is 2.34. The molecule has 0 radical (unpaired) electrons. The van der Waals surface area contributed by atoms with E-state index in [1.54, 1.807) is 36.4 Å². The maximum Gasteiger partial charge on any atom is 0.270 e. The lowest BCUT2D eigenvalue weighted by atomic mass is 10.1. The minimum absolute atomic E-state index is 0.0146. The molecule has 10 heteroatoms. The zero-order chi connectivity index (χ0) is 28.1. The quantitative estimate of drug-likeness (QED) is 0.151. The molecule has 3 aromatic rings. The summed E-state index contributed by atoms with van der Waals surface area (Å²) in [6.45, 7) is 5.82. The molecule has 2 N–H and O–H groups in total. The van der Waals surface area contributed by atoms with Crippen LogP contribution in [0.25, 0.3) is 6.08 Å². The minimum atomic E-state index is -0.589. The number of hydrogen-bond acceptors (Lipinski definition) is 6. The lowest BCUT2D eigenvalue weighted by Gasteiger charge is -2.28. The molecule has 1 aliphatic rings. The second-order valence-electron chi connectivity index (χ2n) is 8.71. The van der Waals surface area contributed by atoms with Gasteiger partial charge in [0.1, 0.15) is 5.57 Å². The number of para-hydroxylation sites is 1. The van der Waals surface area contributed by atoms with E-state index in [4.69, 9.17) is 21.7 Å². The molecular formula is C29H26IN3O5S. The topological polar surface area (TPSA) is 97.0 Å². The third-order valence-electron chi connectivity index (χ3n) is 5.77. The average Bonchev–Trinajstić information content (AvgIpc) is 2.89. The molecule has 1 aliphatic heterocycles. The Bertz CT molecular complexity index is 1490. The van der Waals surface area contributed by atoms with Gasteiger partial charge in [0, 0.05) is 5.69 Å². The summed E-state index contributed by atoms with van der Waals surface area (Å²) in [4.78, 5) is 39.9. The van der Waals surface area contributed by atoms with Crippen LogP contribution in [0.4, 0.5) is 11.4 Å². The fourth-order valence-electron chi connectivity index (χ4n) is 3.90. The van der Waals surface area contributed by atoms with Crippen LogP contribution < -0.4 is 25.0 Å². The number of anilines is 2. The first kappa shape index (κ1) is 28.2. The van der Waals surface area contributed by atoms with Crippen LogP contribution in [0.1, 0.15) is 23.6 Å². The molecule has 3 aromatic carbocycles. The van der Waals surface area contributed by atoms with Gasteiger partial charge in [-0.2, -0.15) is 0 Å². The highest BCUT2D eigenvalue weighted by atomic mass is 127. The highest BCUT2D eigenvalue weighted by molar-refractivity contribution is 14.1. The van der Waals surface area contributed by atoms with Crippen LogP contribution in [0, 0.1) is 17.4 Å². The molecule has 0 bridgehead atoms. The molecule has 0 unspecified atom stereocenters. The normalized spacial score (nSPS) is 14.3. The summed E-state index contributed by atoms with van der Waals surface area (Å²) in [5.74, 6) is -0.661. The summed E-state index contributed by atoms with van der Waals surface area (Å²) in [5, 5.41) is 5.47. The van der Waals surface area contributed by atoms with Gasteiger partial charge in [-0.05, 0) is 109 Å². The van der Waals surface area contributed by atoms with Crippen molar-refractivity contribution in [1.29, 1.82) is 0 Å². The lowest BCUT2D eigenvalue weighted by molar-refractivity contribution is -0.122. The molecule has 4 rings (SSSR count). The van der Waals surface area contributed by atoms with Crippen LogP contribution in [0.15, 0.2) is 66.2 Å². The van der Waals surface area contributed by atoms with E-state index >= 15 is 0 Å². The Morgan fingerprint density at radius 3 is 2.54 bits per heavy atom. The molecule has 0 aromatic heterocycles. The smallest absolute Gasteiger partial charge is 0.270 e. The Kier molecular flexibility index (Phi) is 8.97. The number of hydrogen-bond donors (Lipinski definition) is 2. The molecule has 39 heavy (non-hydrogen) atoms. The number of benzene rings is 3. The van der Waals surface area contributed by atoms with Crippen LogP contribution in [0.2, 0.25) is 0 Å². The van der Waals surface area contributed by atoms with Crippen LogP contribution in [0.5, 0.6) is 11.5 Å². The molecule has 8 nitrogen and oxygen atoms in total. The van der Waals surface area contributed by atoms with Crippen molar-refractivity contribution in [2.24, 2.45) is 0 Å². The van der Waals surface area contributed by atoms with Gasteiger partial charge in [-0.1, -0.05) is 30.3 Å². The van der Waals surface area contributed by atoms with E-state index < -0.39 is 11.8 Å². The first-order chi connectivity index (χ1) is 18.7. The fraction of sp³-hybridized carbons (Fsp3) is 0.172. The fourth-order valence-corrected chi connectivity index (χ4v) is 4.97. The Morgan fingerprint density at radius 2 is 1.82 bits per heavy atom. The number of rotatable bonds is 8. The van der Waals surface area contributed by atoms with E-state index in [0.717, 1.165) is 16.8 Å². The summed E-state index contributed by atoms with van der Waals surface area (Å²) in [7, 11) is 0. The third kappa shape index (κ3) is 6.63. The van der Waals surface area contributed by atoms with E-state index in [0.29, 0.717) is 32.9 Å². The van der Waals surface area contributed by atoms with Crippen molar-refractivity contribution in [2.45, 2.75) is 20.8 Å². The molecule has 0 aliphatic carbocycles. The third-order valence-corrected chi connectivity index (χ3v) is 6.86. The molecule has 1 fully saturated rings. The average molecular weight is 656 g/mol. The molecule has 0 saturated carbocycles. The van der Waals surface area contributed by atoms with Crippen molar-refractivity contribution in [3.63, 3.8) is 0 Å². The maximum absolute atomic E-state index is 13.3. The Hall–Kier alpha value is -3.77. The zero-order valence-electron chi connectivity index (χ0n) is 21.5. The predicted molar refractivity (Wildman–Crippen MR) is 163 cm³/mol. The van der Waals surface area contributed by atoms with Crippen molar-refractivity contribution in [3.05, 3.63) is 86.5 Å². The summed E-state index contributed by atoms with van der Waals surface area (Å²) < 4.78 is 12.3. The molecule has 1 saturated heterocycles. The lowest BCUT2D eigenvalue weighted by Crippen LogP contribution is -2.54. The van der Waals surface area contributed by atoms with Gasteiger partial charge in [0.15, 0.2) is 23.2 Å². The number of nitrogens with zero attached hydrogens (tertiary/aromatic N) is 1. The van der Waals surface area contributed by atoms with E-state index in [1.165, 1.54) is 11.0 Å². The van der Waals surface area contributed by atoms with Gasteiger partial charge in [-0.3, -0.25) is 24.6 Å². The molecule has 0 spiro atoms. The molecule has 1 heterocycles. The second-order valence-corrected chi connectivity index (χ2v) is 10.3. The van der Waals surface area contributed by atoms with Crippen LogP contribution in [-0.2, 0) is 14.4 Å². The second kappa shape index (κ2) is 12.4. The van der Waals surface area contributed by atoms with Gasteiger partial charge in [0.05, 0.1) is 15.9 Å². The van der Waals surface area contributed by atoms with E-state index in [1.807, 2.05) is 45.0 Å². The van der Waals surface area contributed by atoms with Gasteiger partial charge in [0.2, 0.25) is 0 Å². The van der Waals surface area contributed by atoms with E-state index in [9.17, 15) is 14.4 Å². The van der Waals surface area contributed by atoms with E-state index in [-0.39, 0.29) is 23.2 Å². The predicted octanol–water partition coefficient (Wildman–Crippen LogP) is 5.16. The van der Waals surface area contributed by atoms with Crippen LogP contribution in [0.3, 0.4) is 0 Å². The Morgan fingerprint density at radius 1 is 1.08 bits per heavy atom. The van der Waals surface area contributed by atoms with Crippen molar-refractivity contribution < 1.29 is 23.9 Å². The van der Waals surface area contributed by atoms with Gasteiger partial charge < -0.3 is 14.8 Å². The van der Waals surface area contributed by atoms with Gasteiger partial charge >= 0.3 is 0 Å². The molecular weight excluding hydrogens is 629 g/mol. The van der Waals surface area contributed by atoms with Crippen LogP contribution >= 0.6 is 34.8 Å². The SMILES string of the molecule is CCOc1cc(/C=C2/C(=O)NC(=S)N(c3ccccc3)C2=O)cc(I)c1OCC(=O)Nc1cc(C)ccc1C. The number of nitrogens with one attached hydrogen (secondary N) is 2. The number of halogens is 1. The van der Waals surface area contributed by atoms with Gasteiger partial charge in [-0.25, -0.2) is 0 Å². The molecule has 200 valence electrons. The highest BCUT2D eigenvalue weighted by Crippen LogP contribution is 2.35. The zero-order valence-corrected chi connectivity index (χ0v) is 24.5. The number of ether oxygens (including phenoxy) is 2. The number of carbonyl (C=O) groups excluding carboxylic acids is 3. The summed E-state index contributed by atoms with van der Waals surface area (Å²) in [5.41, 5.74) is 3.73. The molecule has 3 amide bonds. The summed E-state index contributed by atoms with van der Waals surface area (Å²) in [6, 6.07) is 18.1. The summed E-state index contributed by atoms with van der Waals surface area (Å²) in [6.07, 6.45) is 1.48. The first-order valence-corrected chi connectivity index (χ1v) is 13.6. The van der Waals surface area contributed by atoms with Crippen LogP contribution in [-0.4, -0.2) is 36.0 Å². The van der Waals surface area contributed by atoms with Gasteiger partial charge in [0.25, 0.3) is 17.7 Å². The van der Waals surface area contributed by atoms with Crippen molar-refractivity contribution in [2.75, 3.05) is 23.4 Å². The van der Waals surface area contributed by atoms with Crippen molar-refractivity contribution in [1.82, 2.24) is 5.32 Å². The number of amides is 3. The number of aryl methyl sites for hydroxylation is 2. The first-order valence-electron chi connectivity index (χ1n) is 12.1. The standard InChI is InChI=1S/C29H26IN3O5S/c1-4-37-24-15-19(13-21-27(35)32-29(39)33(28(21)36)20-8-6-5-7-9-20)14-22(30)26(24)38-16-25(34)31-23-12-17(2)10-11-18(23)3/h5-15H,4,16H2,1-3H3,(H,31,34)(H,32,35,39)/b21-13-. The van der Waals surface area contributed by atoms with Crippen molar-refractivity contribution in [3.8, 4) is 11.5 Å². The monoisotopic (exact) mass is 655 g/mol. The minimum Gasteiger partial charge on any atom is -0.490 e. The number of thiocarbonyl (C=S) groups is 1. The molecule has 0 atom stereocenters. The largest absolute Gasteiger partial charge is 0.490 e. The number of carbonyl (C=O) groups is 3.